The molecule has 1 aliphatic carbocycles. The third-order valence-corrected chi connectivity index (χ3v) is 4.62. The molecule has 120 valence electrons. The number of amides is 1. The highest BCUT2D eigenvalue weighted by Crippen LogP contribution is 2.23. The Morgan fingerprint density at radius 2 is 1.95 bits per heavy atom. The van der Waals surface area contributed by atoms with E-state index in [4.69, 9.17) is 4.74 Å². The minimum Gasteiger partial charge on any atom is -0.468 e. The first-order valence-electron chi connectivity index (χ1n) is 7.85. The molecule has 2 N–H and O–H groups in total. The predicted molar refractivity (Wildman–Crippen MR) is 77.6 cm³/mol. The molecule has 1 heterocycles. The summed E-state index contributed by atoms with van der Waals surface area (Å²) in [5.41, 5.74) is 0. The normalized spacial score (nSPS) is 29.1. The number of aliphatic hydroxyl groups is 1. The Labute approximate surface area is 125 Å². The largest absolute Gasteiger partial charge is 0.468 e. The number of likely N-dealkylation sites (tertiary alicyclic amines) is 1. The van der Waals surface area contributed by atoms with E-state index in [2.05, 4.69) is 5.32 Å². The third kappa shape index (κ3) is 3.95. The van der Waals surface area contributed by atoms with Crippen molar-refractivity contribution in [2.75, 3.05) is 13.7 Å². The second kappa shape index (κ2) is 7.22. The van der Waals surface area contributed by atoms with Gasteiger partial charge in [0.1, 0.15) is 6.04 Å². The topological polar surface area (TPSA) is 78.9 Å². The number of hydrogen-bond acceptors (Lipinski definition) is 5. The van der Waals surface area contributed by atoms with Gasteiger partial charge in [0.2, 0.25) is 5.91 Å². The van der Waals surface area contributed by atoms with Gasteiger partial charge < -0.3 is 15.2 Å². The maximum Gasteiger partial charge on any atom is 0.323 e. The van der Waals surface area contributed by atoms with Gasteiger partial charge in [-0.25, -0.2) is 0 Å². The number of aliphatic hydroxyl groups excluding tert-OH is 1. The molecule has 1 saturated heterocycles. The molecule has 6 heteroatoms. The van der Waals surface area contributed by atoms with E-state index in [1.807, 2.05) is 0 Å². The lowest BCUT2D eigenvalue weighted by molar-refractivity contribution is -0.147. The molecule has 0 radical (unpaired) electrons. The number of hydrogen-bond donors (Lipinski definition) is 2. The molecule has 2 fully saturated rings. The fourth-order valence-corrected chi connectivity index (χ4v) is 3.35. The van der Waals surface area contributed by atoms with Crippen molar-refractivity contribution in [3.8, 4) is 0 Å². The maximum atomic E-state index is 12.4. The fourth-order valence-electron chi connectivity index (χ4n) is 3.35. The fraction of sp³-hybridized carbons (Fsp3) is 0.867. The molecule has 6 nitrogen and oxygen atoms in total. The molecule has 0 aromatic rings. The van der Waals surface area contributed by atoms with Gasteiger partial charge in [-0.3, -0.25) is 14.5 Å². The summed E-state index contributed by atoms with van der Waals surface area (Å²) in [6, 6.07) is -0.719. The van der Waals surface area contributed by atoms with Gasteiger partial charge in [0, 0.05) is 19.0 Å². The second-order valence-electron chi connectivity index (χ2n) is 6.14. The minimum absolute atomic E-state index is 0.0649. The molecule has 0 aromatic heterocycles. The van der Waals surface area contributed by atoms with Gasteiger partial charge in [-0.05, 0) is 19.8 Å². The van der Waals surface area contributed by atoms with E-state index >= 15 is 0 Å². The highest BCUT2D eigenvalue weighted by atomic mass is 16.5. The number of esters is 1. The summed E-state index contributed by atoms with van der Waals surface area (Å²) < 4.78 is 4.77. The second-order valence-corrected chi connectivity index (χ2v) is 6.14. The average molecular weight is 298 g/mol. The number of ether oxygens (including phenoxy) is 1. The summed E-state index contributed by atoms with van der Waals surface area (Å²) >= 11 is 0. The van der Waals surface area contributed by atoms with Crippen LogP contribution in [0.5, 0.6) is 0 Å². The summed E-state index contributed by atoms with van der Waals surface area (Å²) in [6.45, 7) is 2.12. The van der Waals surface area contributed by atoms with Gasteiger partial charge in [-0.15, -0.1) is 0 Å². The zero-order valence-electron chi connectivity index (χ0n) is 12.9. The molecule has 1 amide bonds. The Morgan fingerprint density at radius 3 is 2.57 bits per heavy atom. The van der Waals surface area contributed by atoms with E-state index in [9.17, 15) is 14.7 Å². The number of carbonyl (C=O) groups is 2. The first-order valence-corrected chi connectivity index (χ1v) is 7.85. The first kappa shape index (κ1) is 16.2. The quantitative estimate of drug-likeness (QED) is 0.736. The summed E-state index contributed by atoms with van der Waals surface area (Å²) in [4.78, 5) is 25.9. The highest BCUT2D eigenvalue weighted by Gasteiger charge is 2.41. The monoisotopic (exact) mass is 298 g/mol. The Morgan fingerprint density at radius 1 is 1.29 bits per heavy atom. The SMILES string of the molecule is COC(=O)C1CC(O)CN1C(C)C(=O)NC1CCCCC1. The van der Waals surface area contributed by atoms with Crippen LogP contribution in [-0.4, -0.2) is 59.8 Å². The molecule has 21 heavy (non-hydrogen) atoms. The number of nitrogens with zero attached hydrogens (tertiary/aromatic N) is 1. The van der Waals surface area contributed by atoms with Crippen LogP contribution in [0.25, 0.3) is 0 Å². The summed E-state index contributed by atoms with van der Waals surface area (Å²) in [5, 5.41) is 12.9. The highest BCUT2D eigenvalue weighted by molar-refractivity contribution is 5.83. The van der Waals surface area contributed by atoms with Crippen LogP contribution in [0.15, 0.2) is 0 Å². The van der Waals surface area contributed by atoms with Crippen LogP contribution in [0.3, 0.4) is 0 Å². The molecule has 3 unspecified atom stereocenters. The standard InChI is InChI=1S/C15H26N2O4/c1-10(14(19)16-11-6-4-3-5-7-11)17-9-12(18)8-13(17)15(20)21-2/h10-13,18H,3-9H2,1-2H3,(H,16,19). The summed E-state index contributed by atoms with van der Waals surface area (Å²) in [5.74, 6) is -0.450. The maximum absolute atomic E-state index is 12.4. The van der Waals surface area contributed by atoms with Crippen LogP contribution < -0.4 is 5.32 Å². The molecule has 1 aliphatic heterocycles. The van der Waals surface area contributed by atoms with Gasteiger partial charge in [-0.2, -0.15) is 0 Å². The van der Waals surface area contributed by atoms with E-state index in [1.165, 1.54) is 13.5 Å². The van der Waals surface area contributed by atoms with Crippen LogP contribution in [0.1, 0.15) is 45.4 Å². The lowest BCUT2D eigenvalue weighted by Gasteiger charge is -2.30. The van der Waals surface area contributed by atoms with Crippen molar-refractivity contribution in [3.05, 3.63) is 0 Å². The van der Waals surface area contributed by atoms with Crippen LogP contribution in [0.2, 0.25) is 0 Å². The van der Waals surface area contributed by atoms with Crippen LogP contribution in [-0.2, 0) is 14.3 Å². The number of β-amino-alcohol motifs (C(OH)–C–C–N with tert-alkyl or cyclic N) is 1. The molecule has 2 rings (SSSR count). The molecule has 1 saturated carbocycles. The predicted octanol–water partition coefficient (Wildman–Crippen LogP) is 0.432. The van der Waals surface area contributed by atoms with E-state index in [1.54, 1.807) is 11.8 Å². The van der Waals surface area contributed by atoms with Crippen molar-refractivity contribution < 1.29 is 19.4 Å². The zero-order chi connectivity index (χ0) is 15.4. The van der Waals surface area contributed by atoms with Gasteiger partial charge in [-0.1, -0.05) is 19.3 Å². The summed E-state index contributed by atoms with van der Waals surface area (Å²) in [7, 11) is 1.33. The van der Waals surface area contributed by atoms with E-state index in [0.717, 1.165) is 25.7 Å². The number of methoxy groups -OCH3 is 1. The Kier molecular flexibility index (Phi) is 5.58. The van der Waals surface area contributed by atoms with Crippen LogP contribution in [0, 0.1) is 0 Å². The van der Waals surface area contributed by atoms with Crippen molar-refractivity contribution in [2.45, 2.75) is 69.7 Å². The van der Waals surface area contributed by atoms with Gasteiger partial charge in [0.15, 0.2) is 0 Å². The van der Waals surface area contributed by atoms with Crippen LogP contribution in [0.4, 0.5) is 0 Å². The Balaban J connectivity index is 1.94. The smallest absolute Gasteiger partial charge is 0.323 e. The van der Waals surface area contributed by atoms with Crippen molar-refractivity contribution in [1.29, 1.82) is 0 Å². The molecular formula is C15H26N2O4. The Hall–Kier alpha value is -1.14. The van der Waals surface area contributed by atoms with E-state index < -0.39 is 18.2 Å². The van der Waals surface area contributed by atoms with E-state index in [-0.39, 0.29) is 17.9 Å². The first-order chi connectivity index (χ1) is 10.0. The molecule has 0 bridgehead atoms. The molecule has 2 aliphatic rings. The van der Waals surface area contributed by atoms with Crippen molar-refractivity contribution in [2.24, 2.45) is 0 Å². The summed E-state index contributed by atoms with van der Waals surface area (Å²) in [6.07, 6.45) is 5.36. The van der Waals surface area contributed by atoms with Crippen molar-refractivity contribution in [1.82, 2.24) is 10.2 Å². The van der Waals surface area contributed by atoms with Gasteiger partial charge in [0.25, 0.3) is 0 Å². The number of carbonyl (C=O) groups excluding carboxylic acids is 2. The van der Waals surface area contributed by atoms with Gasteiger partial charge in [0.05, 0.1) is 19.3 Å². The van der Waals surface area contributed by atoms with Crippen molar-refractivity contribution in [3.63, 3.8) is 0 Å². The average Bonchev–Trinajstić information content (AvgIpc) is 2.88. The molecule has 0 spiro atoms. The van der Waals surface area contributed by atoms with Crippen molar-refractivity contribution >= 4 is 11.9 Å². The third-order valence-electron chi connectivity index (χ3n) is 4.62. The molecule has 3 atom stereocenters. The zero-order valence-corrected chi connectivity index (χ0v) is 12.9. The minimum atomic E-state index is -0.584. The number of rotatable bonds is 4. The van der Waals surface area contributed by atoms with E-state index in [0.29, 0.717) is 13.0 Å². The Bertz CT molecular complexity index is 382. The lowest BCUT2D eigenvalue weighted by atomic mass is 9.95. The molecule has 0 aromatic carbocycles. The van der Waals surface area contributed by atoms with Crippen LogP contribution >= 0.6 is 0 Å². The molecular weight excluding hydrogens is 272 g/mol. The lowest BCUT2D eigenvalue weighted by Crippen LogP contribution is -2.52. The van der Waals surface area contributed by atoms with Gasteiger partial charge >= 0.3 is 5.97 Å². The number of nitrogens with one attached hydrogen (secondary N) is 1.